The number of aliphatic hydroxyl groups is 1. The molecule has 1 saturated carbocycles. The van der Waals surface area contributed by atoms with Crippen molar-refractivity contribution in [1.82, 2.24) is 9.97 Å². The van der Waals surface area contributed by atoms with Gasteiger partial charge in [-0.1, -0.05) is 52.7 Å². The number of para-hydroxylation sites is 1. The van der Waals surface area contributed by atoms with Crippen LogP contribution in [0.4, 0.5) is 0 Å². The molecule has 1 aliphatic rings. The van der Waals surface area contributed by atoms with Gasteiger partial charge in [0.1, 0.15) is 16.9 Å². The second-order valence-corrected chi connectivity index (χ2v) is 8.57. The highest BCUT2D eigenvalue weighted by Crippen LogP contribution is 2.34. The average Bonchev–Trinajstić information content (AvgIpc) is 3.48. The van der Waals surface area contributed by atoms with E-state index in [-0.39, 0.29) is 0 Å². The number of benzene rings is 1. The molecule has 0 saturated heterocycles. The minimum atomic E-state index is 0.399. The third-order valence-corrected chi connectivity index (χ3v) is 5.50. The molecule has 2 heterocycles. The Bertz CT molecular complexity index is 995. The summed E-state index contributed by atoms with van der Waals surface area (Å²) in [5.41, 5.74) is 4.83. The summed E-state index contributed by atoms with van der Waals surface area (Å²) in [5.74, 6) is 2.76. The van der Waals surface area contributed by atoms with E-state index >= 15 is 0 Å². The van der Waals surface area contributed by atoms with Gasteiger partial charge in [0, 0.05) is 17.7 Å². The van der Waals surface area contributed by atoms with Crippen molar-refractivity contribution in [2.45, 2.75) is 73.1 Å². The molecular weight excluding hydrogens is 360 g/mol. The Morgan fingerprint density at radius 3 is 2.48 bits per heavy atom. The van der Waals surface area contributed by atoms with Crippen molar-refractivity contribution in [3.8, 4) is 0 Å². The van der Waals surface area contributed by atoms with Crippen LogP contribution in [0.1, 0.15) is 71.3 Å². The SMILES string of the molecule is CC(C)CCCC(C)C(O)=C1CC1.CCc1nc(C)c2oc3ccccc3c2n1. The number of allylic oxidation sites excluding steroid dienone is 2. The first-order valence-corrected chi connectivity index (χ1v) is 11.0. The zero-order chi connectivity index (χ0) is 21.0. The molecule has 1 atom stereocenters. The van der Waals surface area contributed by atoms with Crippen molar-refractivity contribution in [1.29, 1.82) is 0 Å². The van der Waals surface area contributed by atoms with Gasteiger partial charge in [0.2, 0.25) is 0 Å². The van der Waals surface area contributed by atoms with Crippen molar-refractivity contribution >= 4 is 22.1 Å². The van der Waals surface area contributed by atoms with Gasteiger partial charge in [-0.15, -0.1) is 0 Å². The lowest BCUT2D eigenvalue weighted by Crippen LogP contribution is -2.00. The van der Waals surface area contributed by atoms with Crippen LogP contribution in [0.15, 0.2) is 40.0 Å². The van der Waals surface area contributed by atoms with Gasteiger partial charge in [0.15, 0.2) is 5.58 Å². The minimum Gasteiger partial charge on any atom is -0.512 e. The van der Waals surface area contributed by atoms with E-state index in [4.69, 9.17) is 4.42 Å². The maximum Gasteiger partial charge on any atom is 0.175 e. The van der Waals surface area contributed by atoms with E-state index in [0.29, 0.717) is 11.7 Å². The zero-order valence-corrected chi connectivity index (χ0v) is 18.5. The van der Waals surface area contributed by atoms with Gasteiger partial charge >= 0.3 is 0 Å². The number of hydrogen-bond acceptors (Lipinski definition) is 4. The molecule has 0 spiro atoms. The van der Waals surface area contributed by atoms with Gasteiger partial charge in [0.25, 0.3) is 0 Å². The summed E-state index contributed by atoms with van der Waals surface area (Å²) >= 11 is 0. The first-order chi connectivity index (χ1) is 13.9. The van der Waals surface area contributed by atoms with E-state index in [2.05, 4.69) is 37.7 Å². The maximum absolute atomic E-state index is 9.70. The molecule has 0 aliphatic heterocycles. The van der Waals surface area contributed by atoms with Crippen LogP contribution in [0.2, 0.25) is 0 Å². The number of aryl methyl sites for hydroxylation is 2. The number of aromatic nitrogens is 2. The van der Waals surface area contributed by atoms with Gasteiger partial charge in [-0.2, -0.15) is 0 Å². The van der Waals surface area contributed by atoms with Crippen LogP contribution in [0.5, 0.6) is 0 Å². The van der Waals surface area contributed by atoms with Crippen LogP contribution in [0, 0.1) is 18.8 Å². The number of furan rings is 1. The summed E-state index contributed by atoms with van der Waals surface area (Å²) in [6.07, 6.45) is 6.80. The second-order valence-electron chi connectivity index (χ2n) is 8.57. The fraction of sp³-hybridized carbons (Fsp3) is 0.520. The highest BCUT2D eigenvalue weighted by atomic mass is 16.3. The Kier molecular flexibility index (Phi) is 6.94. The van der Waals surface area contributed by atoms with E-state index in [9.17, 15) is 5.11 Å². The van der Waals surface area contributed by atoms with E-state index < -0.39 is 0 Å². The summed E-state index contributed by atoms with van der Waals surface area (Å²) in [6.45, 7) is 10.7. The molecule has 2 aromatic heterocycles. The molecule has 4 rings (SSSR count). The molecule has 3 aromatic rings. The topological polar surface area (TPSA) is 59.2 Å². The molecule has 1 unspecified atom stereocenters. The van der Waals surface area contributed by atoms with Crippen molar-refractivity contribution < 1.29 is 9.52 Å². The molecule has 156 valence electrons. The molecule has 1 aliphatic carbocycles. The number of hydrogen-bond donors (Lipinski definition) is 1. The minimum absolute atomic E-state index is 0.399. The summed E-state index contributed by atoms with van der Waals surface area (Å²) < 4.78 is 5.76. The molecule has 0 amide bonds. The van der Waals surface area contributed by atoms with Crippen molar-refractivity contribution in [2.24, 2.45) is 11.8 Å². The summed E-state index contributed by atoms with van der Waals surface area (Å²) in [5, 5.41) is 10.8. The van der Waals surface area contributed by atoms with Crippen LogP contribution >= 0.6 is 0 Å². The quantitative estimate of drug-likeness (QED) is 0.446. The molecule has 1 fully saturated rings. The highest BCUT2D eigenvalue weighted by molar-refractivity contribution is 6.02. The zero-order valence-electron chi connectivity index (χ0n) is 18.5. The fourth-order valence-electron chi connectivity index (χ4n) is 3.58. The number of rotatable bonds is 6. The monoisotopic (exact) mass is 394 g/mol. The molecule has 0 bridgehead atoms. The van der Waals surface area contributed by atoms with Gasteiger partial charge in [-0.3, -0.25) is 0 Å². The lowest BCUT2D eigenvalue weighted by atomic mass is 9.98. The lowest BCUT2D eigenvalue weighted by Gasteiger charge is -2.11. The van der Waals surface area contributed by atoms with E-state index in [1.165, 1.54) is 18.4 Å². The Hall–Kier alpha value is -2.36. The first kappa shape index (κ1) is 21.4. The fourth-order valence-corrected chi connectivity index (χ4v) is 3.58. The van der Waals surface area contributed by atoms with Gasteiger partial charge in [0.05, 0.1) is 11.5 Å². The Labute approximate surface area is 174 Å². The molecule has 1 aromatic carbocycles. The van der Waals surface area contributed by atoms with Crippen LogP contribution in [0.25, 0.3) is 22.1 Å². The van der Waals surface area contributed by atoms with Gasteiger partial charge in [-0.05, 0) is 49.8 Å². The van der Waals surface area contributed by atoms with Crippen LogP contribution in [-0.2, 0) is 6.42 Å². The molecule has 4 nitrogen and oxygen atoms in total. The molecule has 4 heteroatoms. The third-order valence-electron chi connectivity index (χ3n) is 5.50. The standard InChI is InChI=1S/C13H12N2O.C12H22O/c1-3-11-14-8(2)13-12(15-11)9-6-4-5-7-10(9)16-13;1-9(2)5-4-6-10(3)12(13)11-7-8-11/h4-7H,3H2,1-2H3;9-10,13H,4-8H2,1-3H3. The third kappa shape index (κ3) is 5.37. The van der Waals surface area contributed by atoms with Crippen LogP contribution in [-0.4, -0.2) is 15.1 Å². The second kappa shape index (κ2) is 9.43. The van der Waals surface area contributed by atoms with Gasteiger partial charge < -0.3 is 9.52 Å². The first-order valence-electron chi connectivity index (χ1n) is 11.0. The largest absolute Gasteiger partial charge is 0.512 e. The number of fused-ring (bicyclic) bond motifs is 3. The Balaban J connectivity index is 0.000000170. The average molecular weight is 395 g/mol. The maximum atomic E-state index is 9.70. The van der Waals surface area contributed by atoms with E-state index in [1.54, 1.807) is 0 Å². The van der Waals surface area contributed by atoms with Crippen molar-refractivity contribution in [2.75, 3.05) is 0 Å². The predicted octanol–water partition coefficient (Wildman–Crippen LogP) is 7.30. The Morgan fingerprint density at radius 1 is 1.10 bits per heavy atom. The molecule has 1 N–H and O–H groups in total. The summed E-state index contributed by atoms with van der Waals surface area (Å²) in [6, 6.07) is 7.96. The molecule has 29 heavy (non-hydrogen) atoms. The summed E-state index contributed by atoms with van der Waals surface area (Å²) in [7, 11) is 0. The van der Waals surface area contributed by atoms with Crippen LogP contribution < -0.4 is 0 Å². The van der Waals surface area contributed by atoms with E-state index in [0.717, 1.165) is 65.2 Å². The van der Waals surface area contributed by atoms with E-state index in [1.807, 2.05) is 31.2 Å². The van der Waals surface area contributed by atoms with Gasteiger partial charge in [-0.25, -0.2) is 9.97 Å². The normalized spacial score (nSPS) is 14.2. The van der Waals surface area contributed by atoms with Crippen LogP contribution in [0.3, 0.4) is 0 Å². The lowest BCUT2D eigenvalue weighted by molar-refractivity contribution is 0.320. The van der Waals surface area contributed by atoms with Crippen molar-refractivity contribution in [3.63, 3.8) is 0 Å². The summed E-state index contributed by atoms with van der Waals surface area (Å²) in [4.78, 5) is 8.95. The number of nitrogens with zero attached hydrogens (tertiary/aromatic N) is 2. The Morgan fingerprint density at radius 2 is 1.83 bits per heavy atom. The molecular formula is C25H34N2O2. The molecule has 0 radical (unpaired) electrons. The predicted molar refractivity (Wildman–Crippen MR) is 120 cm³/mol. The van der Waals surface area contributed by atoms with Crippen molar-refractivity contribution in [3.05, 3.63) is 47.1 Å². The highest BCUT2D eigenvalue weighted by Gasteiger charge is 2.20. The smallest absolute Gasteiger partial charge is 0.175 e. The number of aliphatic hydroxyl groups excluding tert-OH is 1.